The highest BCUT2D eigenvalue weighted by Gasteiger charge is 2.30. The highest BCUT2D eigenvalue weighted by Crippen LogP contribution is 2.40. The lowest BCUT2D eigenvalue weighted by Crippen LogP contribution is -2.30. The first kappa shape index (κ1) is 24.4. The van der Waals surface area contributed by atoms with Crippen molar-refractivity contribution in [3.63, 3.8) is 0 Å². The fourth-order valence-electron chi connectivity index (χ4n) is 3.60. The van der Waals surface area contributed by atoms with Gasteiger partial charge in [0.15, 0.2) is 0 Å². The molecule has 10 heteroatoms. The summed E-state index contributed by atoms with van der Waals surface area (Å²) in [6.07, 6.45) is 2.23. The molecule has 1 fully saturated rings. The van der Waals surface area contributed by atoms with Crippen LogP contribution in [0, 0.1) is 0 Å². The van der Waals surface area contributed by atoms with Crippen LogP contribution in [-0.2, 0) is 21.4 Å². The number of nitrogens with zero attached hydrogens (tertiary/aromatic N) is 4. The third-order valence-corrected chi connectivity index (χ3v) is 8.55. The fraction of sp³-hybridized carbons (Fsp3) is 0.375. The van der Waals surface area contributed by atoms with Crippen LogP contribution in [0.2, 0.25) is 0 Å². The predicted molar refractivity (Wildman–Crippen MR) is 132 cm³/mol. The van der Waals surface area contributed by atoms with Gasteiger partial charge in [-0.3, -0.25) is 4.79 Å². The lowest BCUT2D eigenvalue weighted by Gasteiger charge is -2.18. The van der Waals surface area contributed by atoms with Gasteiger partial charge in [0.2, 0.25) is 21.1 Å². The van der Waals surface area contributed by atoms with Gasteiger partial charge < -0.3 is 5.32 Å². The number of thioether (sulfide) groups is 1. The van der Waals surface area contributed by atoms with Gasteiger partial charge in [-0.1, -0.05) is 55.9 Å². The van der Waals surface area contributed by atoms with E-state index in [-0.39, 0.29) is 16.6 Å². The largest absolute Gasteiger partial charge is 0.351 e. The molecule has 3 aromatic rings. The molecule has 0 spiro atoms. The van der Waals surface area contributed by atoms with Crippen molar-refractivity contribution in [2.75, 3.05) is 18.8 Å². The molecular weight excluding hydrogens is 470 g/mol. The van der Waals surface area contributed by atoms with E-state index in [1.807, 2.05) is 48.9 Å². The Morgan fingerprint density at radius 3 is 2.38 bits per heavy atom. The van der Waals surface area contributed by atoms with Gasteiger partial charge in [-0.15, -0.1) is 5.10 Å². The minimum Gasteiger partial charge on any atom is -0.351 e. The zero-order valence-electron chi connectivity index (χ0n) is 19.3. The van der Waals surface area contributed by atoms with Crippen molar-refractivity contribution >= 4 is 27.7 Å². The van der Waals surface area contributed by atoms with E-state index in [4.69, 9.17) is 0 Å². The van der Waals surface area contributed by atoms with Crippen LogP contribution in [0.3, 0.4) is 0 Å². The summed E-state index contributed by atoms with van der Waals surface area (Å²) in [6, 6.07) is 16.5. The van der Waals surface area contributed by atoms with Gasteiger partial charge in [0.05, 0.1) is 16.3 Å². The molecule has 8 nitrogen and oxygen atoms in total. The molecule has 180 valence electrons. The van der Waals surface area contributed by atoms with E-state index in [9.17, 15) is 13.2 Å². The molecular formula is C24H29N5O3S2. The minimum atomic E-state index is -3.49. The van der Waals surface area contributed by atoms with Crippen LogP contribution in [0.5, 0.6) is 0 Å². The van der Waals surface area contributed by atoms with Gasteiger partial charge in [0.1, 0.15) is 5.82 Å². The third kappa shape index (κ3) is 5.68. The Hall–Kier alpha value is -2.69. The molecule has 0 saturated heterocycles. The first-order chi connectivity index (χ1) is 16.4. The molecule has 1 heterocycles. The van der Waals surface area contributed by atoms with Crippen molar-refractivity contribution in [2.45, 2.75) is 49.2 Å². The standard InChI is InChI=1S/C24H29N5O3S2/c1-3-28(4-2)34(31,32)21-14-10-18(11-15-21)16-25-22(30)17-33-24-26-23(19-12-13-19)29(27-24)20-8-6-5-7-9-20/h5-11,14-15,19H,3-4,12-13,16-17H2,1-2H3,(H,25,30). The van der Waals surface area contributed by atoms with Crippen LogP contribution in [0.1, 0.15) is 44.0 Å². The summed E-state index contributed by atoms with van der Waals surface area (Å²) >= 11 is 1.31. The van der Waals surface area contributed by atoms with E-state index < -0.39 is 10.0 Å². The maximum absolute atomic E-state index is 12.6. The SMILES string of the molecule is CCN(CC)S(=O)(=O)c1ccc(CNC(=O)CSc2nc(C3CC3)n(-c3ccccc3)n2)cc1. The first-order valence-corrected chi connectivity index (χ1v) is 13.9. The molecule has 2 aromatic carbocycles. The van der Waals surface area contributed by atoms with E-state index in [0.717, 1.165) is 29.9 Å². The number of para-hydroxylation sites is 1. The Bertz CT molecular complexity index is 1220. The van der Waals surface area contributed by atoms with Crippen LogP contribution in [0.15, 0.2) is 64.6 Å². The zero-order chi connectivity index (χ0) is 24.1. The van der Waals surface area contributed by atoms with Gasteiger partial charge in [-0.05, 0) is 42.7 Å². The second kappa shape index (κ2) is 10.7. The summed E-state index contributed by atoms with van der Waals surface area (Å²) in [5.41, 5.74) is 1.80. The number of sulfonamides is 1. The van der Waals surface area contributed by atoms with Crippen LogP contribution in [0.25, 0.3) is 5.69 Å². The van der Waals surface area contributed by atoms with Crippen molar-refractivity contribution in [3.05, 3.63) is 66.0 Å². The van der Waals surface area contributed by atoms with Gasteiger partial charge in [0.25, 0.3) is 0 Å². The third-order valence-electron chi connectivity index (χ3n) is 5.64. The molecule has 0 radical (unpaired) electrons. The molecule has 4 rings (SSSR count). The smallest absolute Gasteiger partial charge is 0.243 e. The molecule has 0 atom stereocenters. The van der Waals surface area contributed by atoms with Crippen molar-refractivity contribution in [2.24, 2.45) is 0 Å². The summed E-state index contributed by atoms with van der Waals surface area (Å²) < 4.78 is 28.5. The van der Waals surface area contributed by atoms with E-state index >= 15 is 0 Å². The maximum atomic E-state index is 12.6. The van der Waals surface area contributed by atoms with Crippen molar-refractivity contribution in [1.29, 1.82) is 0 Å². The number of carbonyl (C=O) groups excluding carboxylic acids is 1. The molecule has 1 aliphatic carbocycles. The Morgan fingerprint density at radius 1 is 1.09 bits per heavy atom. The number of carbonyl (C=O) groups is 1. The summed E-state index contributed by atoms with van der Waals surface area (Å²) in [7, 11) is -3.49. The van der Waals surface area contributed by atoms with Crippen LogP contribution >= 0.6 is 11.8 Å². The summed E-state index contributed by atoms with van der Waals surface area (Å²) in [6.45, 7) is 4.81. The monoisotopic (exact) mass is 499 g/mol. The van der Waals surface area contributed by atoms with Gasteiger partial charge in [0, 0.05) is 25.6 Å². The van der Waals surface area contributed by atoms with Gasteiger partial charge in [-0.2, -0.15) is 4.31 Å². The number of amides is 1. The van der Waals surface area contributed by atoms with E-state index in [0.29, 0.717) is 30.7 Å². The molecule has 1 aliphatic rings. The molecule has 1 amide bonds. The summed E-state index contributed by atoms with van der Waals surface area (Å²) in [5.74, 6) is 1.46. The van der Waals surface area contributed by atoms with E-state index in [2.05, 4.69) is 15.4 Å². The number of hydrogen-bond donors (Lipinski definition) is 1. The Labute approximate surface area is 204 Å². The van der Waals surface area contributed by atoms with E-state index in [1.165, 1.54) is 16.1 Å². The number of hydrogen-bond acceptors (Lipinski definition) is 6. The van der Waals surface area contributed by atoms with Gasteiger partial charge >= 0.3 is 0 Å². The highest BCUT2D eigenvalue weighted by atomic mass is 32.2. The topological polar surface area (TPSA) is 97.2 Å². The Morgan fingerprint density at radius 2 is 1.76 bits per heavy atom. The number of nitrogens with one attached hydrogen (secondary N) is 1. The van der Waals surface area contributed by atoms with Gasteiger partial charge in [-0.25, -0.2) is 18.1 Å². The predicted octanol–water partition coefficient (Wildman–Crippen LogP) is 3.58. The van der Waals surface area contributed by atoms with Crippen molar-refractivity contribution in [3.8, 4) is 5.69 Å². The quantitative estimate of drug-likeness (QED) is 0.405. The van der Waals surface area contributed by atoms with E-state index in [1.54, 1.807) is 24.3 Å². The molecule has 0 bridgehead atoms. The Kier molecular flexibility index (Phi) is 7.70. The maximum Gasteiger partial charge on any atom is 0.243 e. The number of benzene rings is 2. The average molecular weight is 500 g/mol. The second-order valence-corrected chi connectivity index (χ2v) is 11.0. The lowest BCUT2D eigenvalue weighted by molar-refractivity contribution is -0.118. The summed E-state index contributed by atoms with van der Waals surface area (Å²) in [4.78, 5) is 17.3. The molecule has 0 unspecified atom stereocenters. The second-order valence-electron chi connectivity index (χ2n) is 8.07. The highest BCUT2D eigenvalue weighted by molar-refractivity contribution is 7.99. The molecule has 0 aliphatic heterocycles. The lowest BCUT2D eigenvalue weighted by atomic mass is 10.2. The minimum absolute atomic E-state index is 0.131. The van der Waals surface area contributed by atoms with Crippen LogP contribution < -0.4 is 5.32 Å². The fourth-order valence-corrected chi connectivity index (χ4v) is 5.72. The van der Waals surface area contributed by atoms with Crippen LogP contribution in [-0.4, -0.2) is 52.2 Å². The molecule has 1 N–H and O–H groups in total. The molecule has 1 aromatic heterocycles. The normalized spacial score (nSPS) is 13.9. The Balaban J connectivity index is 1.32. The number of rotatable bonds is 11. The van der Waals surface area contributed by atoms with Crippen molar-refractivity contribution in [1.82, 2.24) is 24.4 Å². The zero-order valence-corrected chi connectivity index (χ0v) is 21.0. The average Bonchev–Trinajstić information content (AvgIpc) is 3.61. The summed E-state index contributed by atoms with van der Waals surface area (Å²) in [5, 5.41) is 8.09. The molecule has 34 heavy (non-hydrogen) atoms. The van der Waals surface area contributed by atoms with Crippen molar-refractivity contribution < 1.29 is 13.2 Å². The van der Waals surface area contributed by atoms with Crippen LogP contribution in [0.4, 0.5) is 0 Å². The molecule has 1 saturated carbocycles. The number of aromatic nitrogens is 3. The first-order valence-electron chi connectivity index (χ1n) is 11.4.